The van der Waals surface area contributed by atoms with E-state index in [2.05, 4.69) is 30.4 Å². The van der Waals surface area contributed by atoms with Gasteiger partial charge >= 0.3 is 8.80 Å². The number of rotatable bonds is 17. The molecule has 12 heteroatoms. The van der Waals surface area contributed by atoms with Gasteiger partial charge in [0, 0.05) is 38.2 Å². The third-order valence-corrected chi connectivity index (χ3v) is 8.17. The van der Waals surface area contributed by atoms with E-state index >= 15 is 0 Å². The summed E-state index contributed by atoms with van der Waals surface area (Å²) in [5.41, 5.74) is 11.3. The van der Waals surface area contributed by atoms with Gasteiger partial charge in [0.15, 0.2) is 11.6 Å². The largest absolute Gasteiger partial charge is 0.500 e. The van der Waals surface area contributed by atoms with Crippen LogP contribution in [0.15, 0.2) is 0 Å². The molecule has 0 amide bonds. The third-order valence-electron chi connectivity index (χ3n) is 5.02. The van der Waals surface area contributed by atoms with Crippen LogP contribution < -0.4 is 11.5 Å². The second-order valence-corrected chi connectivity index (χ2v) is 10.1. The molecule has 1 atom stereocenters. The number of H-pyrrole nitrogens is 2. The third kappa shape index (κ3) is 8.55. The highest BCUT2D eigenvalue weighted by Gasteiger charge is 2.39. The molecule has 1 unspecified atom stereocenters. The van der Waals surface area contributed by atoms with Gasteiger partial charge in [0.1, 0.15) is 0 Å². The zero-order valence-electron chi connectivity index (χ0n) is 19.0. The van der Waals surface area contributed by atoms with Gasteiger partial charge in [-0.3, -0.25) is 0 Å². The van der Waals surface area contributed by atoms with Crippen molar-refractivity contribution in [1.29, 1.82) is 0 Å². The van der Waals surface area contributed by atoms with E-state index < -0.39 is 8.80 Å². The summed E-state index contributed by atoms with van der Waals surface area (Å²) in [5, 5.41) is 13.8. The smallest absolute Gasteiger partial charge is 0.374 e. The van der Waals surface area contributed by atoms with E-state index in [1.807, 2.05) is 20.8 Å². The van der Waals surface area contributed by atoms with Crippen molar-refractivity contribution in [3.63, 3.8) is 0 Å². The monoisotopic (exact) mass is 454 g/mol. The van der Waals surface area contributed by atoms with Gasteiger partial charge in [-0.1, -0.05) is 12.8 Å². The minimum absolute atomic E-state index is 0.244. The fourth-order valence-corrected chi connectivity index (χ4v) is 6.39. The highest BCUT2D eigenvalue weighted by molar-refractivity contribution is 6.60. The Kier molecular flexibility index (Phi) is 10.9. The van der Waals surface area contributed by atoms with Crippen LogP contribution in [0.5, 0.6) is 0 Å². The van der Waals surface area contributed by atoms with Crippen LogP contribution >= 0.6 is 0 Å². The topological polar surface area (TPSA) is 163 Å². The van der Waals surface area contributed by atoms with Crippen LogP contribution in [0.1, 0.15) is 76.9 Å². The van der Waals surface area contributed by atoms with Crippen molar-refractivity contribution >= 4 is 20.7 Å². The summed E-state index contributed by atoms with van der Waals surface area (Å²) in [5.74, 6) is 2.48. The van der Waals surface area contributed by atoms with E-state index in [0.717, 1.165) is 62.6 Å². The Bertz CT molecular complexity index is 724. The van der Waals surface area contributed by atoms with Crippen molar-refractivity contribution in [2.75, 3.05) is 31.3 Å². The molecule has 11 nitrogen and oxygen atoms in total. The number of hydrogen-bond donors (Lipinski definition) is 4. The fourth-order valence-electron chi connectivity index (χ4n) is 3.70. The van der Waals surface area contributed by atoms with Crippen molar-refractivity contribution in [3.8, 4) is 0 Å². The number of anilines is 2. The number of unbranched alkanes of at least 4 members (excludes halogenated alkanes) is 2. The molecule has 176 valence electrons. The van der Waals surface area contributed by atoms with Gasteiger partial charge in [-0.15, -0.1) is 0 Å². The van der Waals surface area contributed by atoms with Crippen molar-refractivity contribution in [1.82, 2.24) is 30.4 Å². The molecule has 0 aliphatic carbocycles. The van der Waals surface area contributed by atoms with E-state index in [1.54, 1.807) is 0 Å². The maximum absolute atomic E-state index is 5.95. The Hall–Kier alpha value is -2.02. The number of nitrogens with one attached hydrogen (secondary N) is 2. The first-order valence-electron chi connectivity index (χ1n) is 11.3. The molecule has 2 rings (SSSR count). The number of hydrogen-bond acceptors (Lipinski definition) is 9. The summed E-state index contributed by atoms with van der Waals surface area (Å²) in [6.45, 7) is 7.74. The van der Waals surface area contributed by atoms with Gasteiger partial charge in [0.2, 0.25) is 11.9 Å². The van der Waals surface area contributed by atoms with Crippen LogP contribution in [0.4, 0.5) is 11.9 Å². The van der Waals surface area contributed by atoms with Gasteiger partial charge in [-0.25, -0.2) is 10.2 Å². The summed E-state index contributed by atoms with van der Waals surface area (Å²) < 4.78 is 17.9. The molecule has 6 N–H and O–H groups in total. The lowest BCUT2D eigenvalue weighted by molar-refractivity contribution is 0.0706. The Morgan fingerprint density at radius 3 is 1.90 bits per heavy atom. The van der Waals surface area contributed by atoms with Gasteiger partial charge < -0.3 is 24.7 Å². The number of nitrogens with two attached hydrogens (primary N) is 2. The van der Waals surface area contributed by atoms with Crippen molar-refractivity contribution in [2.24, 2.45) is 0 Å². The number of nitrogens with zero attached hydrogens (tertiary/aromatic N) is 4. The first kappa shape index (κ1) is 25.2. The average molecular weight is 455 g/mol. The first-order valence-corrected chi connectivity index (χ1v) is 13.2. The molecule has 2 aromatic rings. The second kappa shape index (κ2) is 13.4. The summed E-state index contributed by atoms with van der Waals surface area (Å²) >= 11 is 0. The highest BCUT2D eigenvalue weighted by Crippen LogP contribution is 2.28. The predicted octanol–water partition coefficient (Wildman–Crippen LogP) is 2.80. The van der Waals surface area contributed by atoms with E-state index in [4.69, 9.17) is 24.7 Å². The molecule has 0 aliphatic heterocycles. The molecular weight excluding hydrogens is 416 g/mol. The average Bonchev–Trinajstić information content (AvgIpc) is 3.35. The maximum Gasteiger partial charge on any atom is 0.500 e. The zero-order valence-corrected chi connectivity index (χ0v) is 20.0. The molecule has 0 fully saturated rings. The molecule has 0 saturated heterocycles. The molecule has 0 saturated carbocycles. The summed E-state index contributed by atoms with van der Waals surface area (Å²) in [6.07, 6.45) is 6.72. The molecule has 0 radical (unpaired) electrons. The molecule has 2 heterocycles. The van der Waals surface area contributed by atoms with Gasteiger partial charge in [0.05, 0.1) is 0 Å². The van der Waals surface area contributed by atoms with Gasteiger partial charge in [0.25, 0.3) is 0 Å². The van der Waals surface area contributed by atoms with E-state index in [9.17, 15) is 0 Å². The van der Waals surface area contributed by atoms with E-state index in [0.29, 0.717) is 31.7 Å². The summed E-state index contributed by atoms with van der Waals surface area (Å²) in [4.78, 5) is 8.52. The maximum atomic E-state index is 5.95. The molecule has 0 bridgehead atoms. The van der Waals surface area contributed by atoms with Crippen LogP contribution in [0.2, 0.25) is 6.04 Å². The lowest BCUT2D eigenvalue weighted by atomic mass is 9.95. The SMILES string of the molecule is CCO[Si](CCCCC(CCCCc1n[nH]c(N)n1)c1n[nH]c(N)n1)(OCC)OCC. The van der Waals surface area contributed by atoms with Crippen LogP contribution in [0, 0.1) is 0 Å². The van der Waals surface area contributed by atoms with Crippen molar-refractivity contribution in [2.45, 2.75) is 77.7 Å². The van der Waals surface area contributed by atoms with Crippen LogP contribution in [0.25, 0.3) is 0 Å². The van der Waals surface area contributed by atoms with E-state index in [-0.39, 0.29) is 5.92 Å². The Balaban J connectivity index is 1.84. The van der Waals surface area contributed by atoms with Crippen LogP contribution in [-0.2, 0) is 19.7 Å². The minimum atomic E-state index is -2.59. The number of aryl methyl sites for hydroxylation is 1. The van der Waals surface area contributed by atoms with Gasteiger partial charge in [-0.2, -0.15) is 20.2 Å². The van der Waals surface area contributed by atoms with Gasteiger partial charge in [-0.05, 0) is 46.5 Å². The number of nitrogen functional groups attached to an aromatic ring is 2. The van der Waals surface area contributed by atoms with Crippen molar-refractivity contribution in [3.05, 3.63) is 11.6 Å². The molecule has 0 spiro atoms. The van der Waals surface area contributed by atoms with E-state index in [1.165, 1.54) is 0 Å². The van der Waals surface area contributed by atoms with Crippen molar-refractivity contribution < 1.29 is 13.3 Å². The van der Waals surface area contributed by atoms with Crippen LogP contribution in [-0.4, -0.2) is 59.0 Å². The predicted molar refractivity (Wildman–Crippen MR) is 121 cm³/mol. The summed E-state index contributed by atoms with van der Waals surface area (Å²) in [7, 11) is -2.59. The fraction of sp³-hybridized carbons (Fsp3) is 0.789. The molecule has 2 aromatic heterocycles. The lowest BCUT2D eigenvalue weighted by Crippen LogP contribution is -2.45. The highest BCUT2D eigenvalue weighted by atomic mass is 28.4. The Morgan fingerprint density at radius 1 is 0.806 bits per heavy atom. The molecule has 31 heavy (non-hydrogen) atoms. The molecule has 0 aromatic carbocycles. The lowest BCUT2D eigenvalue weighted by Gasteiger charge is -2.28. The second-order valence-electron chi connectivity index (χ2n) is 7.39. The minimum Gasteiger partial charge on any atom is -0.374 e. The Morgan fingerprint density at radius 2 is 1.39 bits per heavy atom. The summed E-state index contributed by atoms with van der Waals surface area (Å²) in [6, 6.07) is 0.817. The molecule has 0 aliphatic rings. The molecular formula is C19H38N8O3Si. The number of aromatic nitrogens is 6. The quantitative estimate of drug-likeness (QED) is 0.208. The van der Waals surface area contributed by atoms with Crippen LogP contribution in [0.3, 0.4) is 0 Å². The standard InChI is InChI=1S/C19H38N8O3Si/c1-4-28-31(29-5-2,30-6-3)14-10-9-12-15(17-23-19(21)27-25-17)11-7-8-13-16-22-18(20)26-24-16/h15H,4-14H2,1-3H3,(H3,20,22,24,26)(H3,21,23,25,27). The number of aromatic amines is 2. The first-order chi connectivity index (χ1) is 15.0. The Labute approximate surface area is 185 Å². The normalized spacial score (nSPS) is 13.0. The zero-order chi connectivity index (χ0) is 22.5.